The van der Waals surface area contributed by atoms with Crippen molar-refractivity contribution in [1.29, 1.82) is 0 Å². The number of benzene rings is 1. The lowest BCUT2D eigenvalue weighted by molar-refractivity contribution is 0.268. The van der Waals surface area contributed by atoms with E-state index in [0.29, 0.717) is 6.54 Å². The Bertz CT molecular complexity index is 450. The highest BCUT2D eigenvalue weighted by molar-refractivity contribution is 7.90. The SMILES string of the molecule is O=S(=O)(CCN1CC[CH]CC1)Cc1ccccc1. The Balaban J connectivity index is 1.83. The van der Waals surface area contributed by atoms with Gasteiger partial charge in [-0.2, -0.15) is 0 Å². The summed E-state index contributed by atoms with van der Waals surface area (Å²) in [7, 11) is -2.99. The Kier molecular flexibility index (Phi) is 4.78. The third-order valence-electron chi connectivity index (χ3n) is 3.25. The van der Waals surface area contributed by atoms with Crippen molar-refractivity contribution >= 4 is 9.84 Å². The van der Waals surface area contributed by atoms with E-state index in [1.165, 1.54) is 0 Å². The number of sulfone groups is 1. The molecule has 1 aliphatic rings. The van der Waals surface area contributed by atoms with Gasteiger partial charge in [0, 0.05) is 6.54 Å². The van der Waals surface area contributed by atoms with Crippen molar-refractivity contribution in [2.45, 2.75) is 18.6 Å². The molecule has 0 amide bonds. The maximum atomic E-state index is 12.0. The Morgan fingerprint density at radius 1 is 1.06 bits per heavy atom. The summed E-state index contributed by atoms with van der Waals surface area (Å²) in [6, 6.07) is 9.40. The van der Waals surface area contributed by atoms with Gasteiger partial charge in [0.05, 0.1) is 11.5 Å². The molecular weight excluding hydrogens is 246 g/mol. The Morgan fingerprint density at radius 2 is 1.72 bits per heavy atom. The first-order valence-corrected chi connectivity index (χ1v) is 8.26. The largest absolute Gasteiger partial charge is 0.302 e. The molecule has 0 bridgehead atoms. The molecule has 1 heterocycles. The van der Waals surface area contributed by atoms with Gasteiger partial charge in [0.1, 0.15) is 0 Å². The van der Waals surface area contributed by atoms with Crippen LogP contribution in [0, 0.1) is 6.42 Å². The molecule has 1 saturated heterocycles. The standard InChI is InChI=1S/C14H20NO2S/c16-18(17,13-14-7-3-1-4-8-14)12-11-15-9-5-2-6-10-15/h1-4,7-8H,5-6,9-13H2. The van der Waals surface area contributed by atoms with Crippen LogP contribution in [-0.2, 0) is 15.6 Å². The summed E-state index contributed by atoms with van der Waals surface area (Å²) < 4.78 is 24.0. The second kappa shape index (κ2) is 6.34. The lowest BCUT2D eigenvalue weighted by Gasteiger charge is -2.25. The lowest BCUT2D eigenvalue weighted by Crippen LogP contribution is -2.34. The fraction of sp³-hybridized carbons (Fsp3) is 0.500. The first-order chi connectivity index (χ1) is 8.66. The number of rotatable bonds is 5. The van der Waals surface area contributed by atoms with Gasteiger partial charge in [-0.15, -0.1) is 0 Å². The summed E-state index contributed by atoms with van der Waals surface area (Å²) in [6.07, 6.45) is 4.44. The molecule has 0 atom stereocenters. The number of nitrogens with zero attached hydrogens (tertiary/aromatic N) is 1. The predicted octanol–water partition coefficient (Wildman–Crippen LogP) is 1.90. The molecule has 1 aliphatic heterocycles. The van der Waals surface area contributed by atoms with Gasteiger partial charge >= 0.3 is 0 Å². The summed E-state index contributed by atoms with van der Waals surface area (Å²) in [5.74, 6) is 0.426. The molecule has 1 fully saturated rings. The van der Waals surface area contributed by atoms with Crippen molar-refractivity contribution in [3.8, 4) is 0 Å². The van der Waals surface area contributed by atoms with Crippen molar-refractivity contribution in [3.63, 3.8) is 0 Å². The van der Waals surface area contributed by atoms with E-state index in [2.05, 4.69) is 11.3 Å². The average molecular weight is 266 g/mol. The molecular formula is C14H20NO2S. The van der Waals surface area contributed by atoms with Crippen molar-refractivity contribution in [2.24, 2.45) is 0 Å². The smallest absolute Gasteiger partial charge is 0.155 e. The number of hydrogen-bond acceptors (Lipinski definition) is 3. The van der Waals surface area contributed by atoms with Gasteiger partial charge in [-0.05, 0) is 37.9 Å². The van der Waals surface area contributed by atoms with Gasteiger partial charge in [-0.1, -0.05) is 30.3 Å². The first-order valence-electron chi connectivity index (χ1n) is 6.44. The fourth-order valence-corrected chi connectivity index (χ4v) is 3.58. The Hall–Kier alpha value is -0.870. The summed E-state index contributed by atoms with van der Waals surface area (Å²) in [6.45, 7) is 2.67. The number of piperidine rings is 1. The van der Waals surface area contributed by atoms with E-state index in [1.807, 2.05) is 30.3 Å². The zero-order valence-electron chi connectivity index (χ0n) is 10.6. The third-order valence-corrected chi connectivity index (χ3v) is 4.82. The van der Waals surface area contributed by atoms with Crippen LogP contribution >= 0.6 is 0 Å². The fourth-order valence-electron chi connectivity index (χ4n) is 2.20. The molecule has 0 spiro atoms. The Morgan fingerprint density at radius 3 is 2.39 bits per heavy atom. The van der Waals surface area contributed by atoms with Gasteiger partial charge in [0.2, 0.25) is 0 Å². The van der Waals surface area contributed by atoms with Crippen LogP contribution in [-0.4, -0.2) is 38.7 Å². The van der Waals surface area contributed by atoms with Crippen molar-refractivity contribution in [1.82, 2.24) is 4.90 Å². The van der Waals surface area contributed by atoms with Crippen LogP contribution in [0.2, 0.25) is 0 Å². The zero-order valence-corrected chi connectivity index (χ0v) is 11.4. The van der Waals surface area contributed by atoms with Crippen LogP contribution in [0.5, 0.6) is 0 Å². The molecule has 0 saturated carbocycles. The van der Waals surface area contributed by atoms with E-state index in [4.69, 9.17) is 0 Å². The van der Waals surface area contributed by atoms with Crippen LogP contribution < -0.4 is 0 Å². The molecule has 1 radical (unpaired) electrons. The maximum absolute atomic E-state index is 12.0. The molecule has 1 aromatic rings. The lowest BCUT2D eigenvalue weighted by atomic mass is 10.1. The van der Waals surface area contributed by atoms with Crippen molar-refractivity contribution in [2.75, 3.05) is 25.4 Å². The highest BCUT2D eigenvalue weighted by Crippen LogP contribution is 2.10. The van der Waals surface area contributed by atoms with E-state index in [1.54, 1.807) is 0 Å². The molecule has 3 nitrogen and oxygen atoms in total. The van der Waals surface area contributed by atoms with Crippen LogP contribution in [0.4, 0.5) is 0 Å². The second-order valence-electron chi connectivity index (χ2n) is 4.79. The van der Waals surface area contributed by atoms with Gasteiger partial charge in [-0.25, -0.2) is 8.42 Å². The van der Waals surface area contributed by atoms with E-state index in [9.17, 15) is 8.42 Å². The molecule has 0 aromatic heterocycles. The molecule has 4 heteroatoms. The van der Waals surface area contributed by atoms with Crippen LogP contribution in [0.15, 0.2) is 30.3 Å². The topological polar surface area (TPSA) is 37.4 Å². The van der Waals surface area contributed by atoms with Crippen LogP contribution in [0.3, 0.4) is 0 Å². The minimum atomic E-state index is -2.99. The molecule has 0 aliphatic carbocycles. The molecule has 0 N–H and O–H groups in total. The maximum Gasteiger partial charge on any atom is 0.155 e. The molecule has 18 heavy (non-hydrogen) atoms. The first kappa shape index (κ1) is 13.6. The van der Waals surface area contributed by atoms with Crippen molar-refractivity contribution in [3.05, 3.63) is 42.3 Å². The molecule has 99 valence electrons. The third kappa shape index (κ3) is 4.42. The van der Waals surface area contributed by atoms with Crippen LogP contribution in [0.25, 0.3) is 0 Å². The number of likely N-dealkylation sites (tertiary alicyclic amines) is 1. The molecule has 2 rings (SSSR count). The highest BCUT2D eigenvalue weighted by Gasteiger charge is 2.16. The average Bonchev–Trinajstić information content (AvgIpc) is 2.38. The number of hydrogen-bond donors (Lipinski definition) is 0. The highest BCUT2D eigenvalue weighted by atomic mass is 32.2. The quantitative estimate of drug-likeness (QED) is 0.817. The summed E-state index contributed by atoms with van der Waals surface area (Å²) in [5, 5.41) is 0. The summed E-state index contributed by atoms with van der Waals surface area (Å²) in [4.78, 5) is 2.24. The summed E-state index contributed by atoms with van der Waals surface area (Å²) >= 11 is 0. The zero-order chi connectivity index (χ0) is 12.8. The minimum Gasteiger partial charge on any atom is -0.302 e. The Labute approximate surface area is 110 Å². The van der Waals surface area contributed by atoms with E-state index in [-0.39, 0.29) is 11.5 Å². The van der Waals surface area contributed by atoms with E-state index < -0.39 is 9.84 Å². The van der Waals surface area contributed by atoms with Crippen LogP contribution in [0.1, 0.15) is 18.4 Å². The molecule has 0 unspecified atom stereocenters. The van der Waals surface area contributed by atoms with Gasteiger partial charge in [-0.3, -0.25) is 0 Å². The van der Waals surface area contributed by atoms with Gasteiger partial charge < -0.3 is 4.90 Å². The van der Waals surface area contributed by atoms with E-state index >= 15 is 0 Å². The molecule has 1 aromatic carbocycles. The van der Waals surface area contributed by atoms with Gasteiger partial charge in [0.25, 0.3) is 0 Å². The normalized spacial score (nSPS) is 17.8. The van der Waals surface area contributed by atoms with Crippen molar-refractivity contribution < 1.29 is 8.42 Å². The van der Waals surface area contributed by atoms with E-state index in [0.717, 1.165) is 31.5 Å². The minimum absolute atomic E-state index is 0.161. The predicted molar refractivity (Wildman–Crippen MR) is 73.9 cm³/mol. The summed E-state index contributed by atoms with van der Waals surface area (Å²) in [5.41, 5.74) is 0.879. The monoisotopic (exact) mass is 266 g/mol. The van der Waals surface area contributed by atoms with Gasteiger partial charge in [0.15, 0.2) is 9.84 Å². The second-order valence-corrected chi connectivity index (χ2v) is 6.97.